The van der Waals surface area contributed by atoms with Crippen LogP contribution in [0.15, 0.2) is 30.5 Å². The minimum Gasteiger partial charge on any atom is -0.490 e. The van der Waals surface area contributed by atoms with Gasteiger partial charge in [0.2, 0.25) is 5.91 Å². The molecule has 0 bridgehead atoms. The maximum atomic E-state index is 12.8. The van der Waals surface area contributed by atoms with Crippen molar-refractivity contribution in [1.82, 2.24) is 9.88 Å². The molecule has 2 fully saturated rings. The van der Waals surface area contributed by atoms with Crippen molar-refractivity contribution in [1.29, 1.82) is 0 Å². The Balaban J connectivity index is 1.28. The van der Waals surface area contributed by atoms with Crippen LogP contribution in [-0.4, -0.2) is 61.3 Å². The van der Waals surface area contributed by atoms with E-state index in [-0.39, 0.29) is 17.9 Å². The van der Waals surface area contributed by atoms with Crippen LogP contribution in [0, 0.1) is 12.8 Å². The molecule has 1 amide bonds. The normalized spacial score (nSPS) is 21.2. The van der Waals surface area contributed by atoms with Crippen LogP contribution in [0.4, 0.5) is 17.1 Å². The Labute approximate surface area is 188 Å². The number of likely N-dealkylation sites (tertiary alicyclic amines) is 1. The van der Waals surface area contributed by atoms with Gasteiger partial charge in [-0.3, -0.25) is 9.78 Å². The molecule has 1 atom stereocenters. The molecule has 2 aromatic rings. The molecule has 0 aliphatic carbocycles. The first kappa shape index (κ1) is 20.9. The lowest BCUT2D eigenvalue weighted by atomic mass is 9.99. The molecule has 8 nitrogen and oxygen atoms in total. The Bertz CT molecular complexity index is 992. The van der Waals surface area contributed by atoms with Gasteiger partial charge in [0, 0.05) is 38.2 Å². The van der Waals surface area contributed by atoms with Gasteiger partial charge in [-0.05, 0) is 38.0 Å². The topological polar surface area (TPSA) is 90.2 Å². The van der Waals surface area contributed by atoms with Gasteiger partial charge < -0.3 is 29.7 Å². The second-order valence-corrected chi connectivity index (χ2v) is 8.70. The molecule has 5 rings (SSSR count). The Kier molecular flexibility index (Phi) is 5.78. The fourth-order valence-electron chi connectivity index (χ4n) is 4.64. The number of aryl methyl sites for hydroxylation is 1. The summed E-state index contributed by atoms with van der Waals surface area (Å²) in [5.74, 6) is 1.92. The number of carbonyl (C=O) groups is 1. The number of aromatic nitrogens is 1. The van der Waals surface area contributed by atoms with Gasteiger partial charge in [-0.25, -0.2) is 0 Å². The molecule has 170 valence electrons. The molecule has 32 heavy (non-hydrogen) atoms. The molecular weight excluding hydrogens is 408 g/mol. The fraction of sp³-hybridized carbons (Fsp3) is 0.500. The number of fused-ring (bicyclic) bond motifs is 1. The van der Waals surface area contributed by atoms with Crippen LogP contribution in [0.1, 0.15) is 25.0 Å². The van der Waals surface area contributed by atoms with Crippen molar-refractivity contribution in [3.8, 4) is 11.5 Å². The molecule has 8 heteroatoms. The third kappa shape index (κ3) is 4.19. The standard InChI is InChI=1S/C24H30N4O4/c1-16-21(25)12-18(14-26-16)28-8-11-31-23-3-2-19(13-22(23)28)32-20-4-7-27(15-20)24(29)17-5-9-30-10-6-17/h2-3,12-14,17,20H,4-11,15,25H2,1H3/t20-/m0/s1. The molecule has 1 aromatic carbocycles. The third-order valence-corrected chi connectivity index (χ3v) is 6.55. The number of anilines is 3. The average molecular weight is 439 g/mol. The van der Waals surface area contributed by atoms with E-state index in [1.807, 2.05) is 42.3 Å². The van der Waals surface area contributed by atoms with E-state index in [9.17, 15) is 4.79 Å². The lowest BCUT2D eigenvalue weighted by Crippen LogP contribution is -2.38. The van der Waals surface area contributed by atoms with Gasteiger partial charge >= 0.3 is 0 Å². The van der Waals surface area contributed by atoms with Crippen LogP contribution < -0.4 is 20.1 Å². The van der Waals surface area contributed by atoms with E-state index < -0.39 is 0 Å². The predicted octanol–water partition coefficient (Wildman–Crippen LogP) is 2.91. The van der Waals surface area contributed by atoms with Crippen molar-refractivity contribution in [2.45, 2.75) is 32.3 Å². The lowest BCUT2D eigenvalue weighted by Gasteiger charge is -2.32. The quantitative estimate of drug-likeness (QED) is 0.785. The largest absolute Gasteiger partial charge is 0.490 e. The fourth-order valence-corrected chi connectivity index (χ4v) is 4.64. The summed E-state index contributed by atoms with van der Waals surface area (Å²) in [4.78, 5) is 21.3. The molecular formula is C24H30N4O4. The zero-order chi connectivity index (χ0) is 22.1. The van der Waals surface area contributed by atoms with E-state index in [2.05, 4.69) is 9.88 Å². The van der Waals surface area contributed by atoms with Gasteiger partial charge in [-0.1, -0.05) is 0 Å². The van der Waals surface area contributed by atoms with Gasteiger partial charge in [-0.2, -0.15) is 0 Å². The van der Waals surface area contributed by atoms with E-state index in [0.29, 0.717) is 38.6 Å². The van der Waals surface area contributed by atoms with Crippen LogP contribution in [0.2, 0.25) is 0 Å². The van der Waals surface area contributed by atoms with Crippen LogP contribution in [0.25, 0.3) is 0 Å². The highest BCUT2D eigenvalue weighted by Gasteiger charge is 2.33. The summed E-state index contributed by atoms with van der Waals surface area (Å²) in [6.07, 6.45) is 4.31. The zero-order valence-corrected chi connectivity index (χ0v) is 18.5. The molecule has 0 spiro atoms. The Morgan fingerprint density at radius 1 is 1.16 bits per heavy atom. The monoisotopic (exact) mass is 438 g/mol. The van der Waals surface area contributed by atoms with Crippen molar-refractivity contribution >= 4 is 23.0 Å². The molecule has 0 unspecified atom stereocenters. The number of nitrogens with two attached hydrogens (primary N) is 1. The first-order chi connectivity index (χ1) is 15.6. The molecule has 4 heterocycles. The first-order valence-corrected chi connectivity index (χ1v) is 11.4. The minimum absolute atomic E-state index is 0.00788. The second kappa shape index (κ2) is 8.86. The molecule has 3 aliphatic heterocycles. The van der Waals surface area contributed by atoms with Crippen molar-refractivity contribution in [3.05, 3.63) is 36.2 Å². The first-order valence-electron chi connectivity index (χ1n) is 11.4. The lowest BCUT2D eigenvalue weighted by molar-refractivity contribution is -0.137. The van der Waals surface area contributed by atoms with Gasteiger partial charge in [0.25, 0.3) is 0 Å². The molecule has 2 saturated heterocycles. The van der Waals surface area contributed by atoms with Crippen LogP contribution in [-0.2, 0) is 9.53 Å². The van der Waals surface area contributed by atoms with Gasteiger partial charge in [0.15, 0.2) is 0 Å². The molecule has 3 aliphatic rings. The molecule has 1 aromatic heterocycles. The summed E-state index contributed by atoms with van der Waals surface area (Å²) in [5, 5.41) is 0. The van der Waals surface area contributed by atoms with E-state index >= 15 is 0 Å². The number of benzene rings is 1. The van der Waals surface area contributed by atoms with E-state index in [0.717, 1.165) is 54.4 Å². The Hall–Kier alpha value is -3.00. The van der Waals surface area contributed by atoms with Crippen LogP contribution >= 0.6 is 0 Å². The van der Waals surface area contributed by atoms with Crippen molar-refractivity contribution < 1.29 is 19.0 Å². The number of ether oxygens (including phenoxy) is 3. The van der Waals surface area contributed by atoms with Crippen LogP contribution in [0.5, 0.6) is 11.5 Å². The maximum absolute atomic E-state index is 12.8. The van der Waals surface area contributed by atoms with Crippen LogP contribution in [0.3, 0.4) is 0 Å². The maximum Gasteiger partial charge on any atom is 0.225 e. The number of nitrogen functional groups attached to an aromatic ring is 1. The molecule has 0 radical (unpaired) electrons. The highest BCUT2D eigenvalue weighted by Crippen LogP contribution is 2.40. The molecule has 2 N–H and O–H groups in total. The predicted molar refractivity (Wildman–Crippen MR) is 121 cm³/mol. The second-order valence-electron chi connectivity index (χ2n) is 8.70. The van der Waals surface area contributed by atoms with E-state index in [1.54, 1.807) is 0 Å². The van der Waals surface area contributed by atoms with Crippen molar-refractivity contribution in [3.63, 3.8) is 0 Å². The number of nitrogens with zero attached hydrogens (tertiary/aromatic N) is 3. The highest BCUT2D eigenvalue weighted by molar-refractivity contribution is 5.79. The Morgan fingerprint density at radius 3 is 2.81 bits per heavy atom. The smallest absolute Gasteiger partial charge is 0.225 e. The SMILES string of the molecule is Cc1ncc(N2CCOc3ccc(O[C@H]4CCN(C(=O)C5CCOCC5)C4)cc32)cc1N. The summed E-state index contributed by atoms with van der Waals surface area (Å²) >= 11 is 0. The van der Waals surface area contributed by atoms with E-state index in [4.69, 9.17) is 19.9 Å². The van der Waals surface area contributed by atoms with Gasteiger partial charge in [-0.15, -0.1) is 0 Å². The van der Waals surface area contributed by atoms with Crippen molar-refractivity contribution in [2.75, 3.05) is 50.1 Å². The minimum atomic E-state index is -0.00788. The van der Waals surface area contributed by atoms with Gasteiger partial charge in [0.1, 0.15) is 24.2 Å². The zero-order valence-electron chi connectivity index (χ0n) is 18.5. The number of hydrogen-bond donors (Lipinski definition) is 1. The van der Waals surface area contributed by atoms with Crippen molar-refractivity contribution in [2.24, 2.45) is 5.92 Å². The summed E-state index contributed by atoms with van der Waals surface area (Å²) in [5.41, 5.74) is 9.45. The number of carbonyl (C=O) groups excluding carboxylic acids is 1. The van der Waals surface area contributed by atoms with Gasteiger partial charge in [0.05, 0.1) is 42.0 Å². The highest BCUT2D eigenvalue weighted by atomic mass is 16.5. The summed E-state index contributed by atoms with van der Waals surface area (Å²) in [6.45, 7) is 5.93. The number of hydrogen-bond acceptors (Lipinski definition) is 7. The number of pyridine rings is 1. The number of rotatable bonds is 4. The molecule has 0 saturated carbocycles. The Morgan fingerprint density at radius 2 is 2.00 bits per heavy atom. The summed E-state index contributed by atoms with van der Waals surface area (Å²) in [7, 11) is 0. The number of amides is 1. The summed E-state index contributed by atoms with van der Waals surface area (Å²) < 4.78 is 17.5. The third-order valence-electron chi connectivity index (χ3n) is 6.55. The van der Waals surface area contributed by atoms with E-state index in [1.165, 1.54) is 0 Å². The average Bonchev–Trinajstić information content (AvgIpc) is 3.29. The summed E-state index contributed by atoms with van der Waals surface area (Å²) in [6, 6.07) is 7.84.